The summed E-state index contributed by atoms with van der Waals surface area (Å²) in [6.07, 6.45) is 5.03. The molecule has 0 saturated heterocycles. The van der Waals surface area contributed by atoms with Crippen LogP contribution in [0.25, 0.3) is 5.57 Å². The summed E-state index contributed by atoms with van der Waals surface area (Å²) >= 11 is 0. The van der Waals surface area contributed by atoms with Crippen LogP contribution in [-0.2, 0) is 0 Å². The summed E-state index contributed by atoms with van der Waals surface area (Å²) in [5.41, 5.74) is 2.81. The zero-order valence-electron chi connectivity index (χ0n) is 12.9. The molecule has 2 unspecified atom stereocenters. The molecular weight excluding hydrogens is 270 g/mol. The van der Waals surface area contributed by atoms with Crippen molar-refractivity contribution >= 4 is 18.0 Å². The molecule has 0 heterocycles. The Labute approximate surface area is 129 Å². The molecule has 0 aromatic heterocycles. The average molecular weight is 296 g/mol. The largest absolute Gasteiger partial charge is 0.497 e. The van der Waals surface area contributed by atoms with Gasteiger partial charge >= 0.3 is 0 Å². The van der Waals surface area contributed by atoms with Crippen LogP contribution in [0.15, 0.2) is 30.3 Å². The molecule has 2 rings (SSSR count). The van der Waals surface area contributed by atoms with Gasteiger partial charge in [-0.15, -0.1) is 12.4 Å². The third kappa shape index (κ3) is 4.26. The van der Waals surface area contributed by atoms with Crippen molar-refractivity contribution in [2.75, 3.05) is 27.7 Å². The predicted octanol–water partition coefficient (Wildman–Crippen LogP) is 4.11. The Kier molecular flexibility index (Phi) is 6.57. The van der Waals surface area contributed by atoms with Gasteiger partial charge in [-0.05, 0) is 62.0 Å². The second kappa shape index (κ2) is 7.70. The van der Waals surface area contributed by atoms with Crippen molar-refractivity contribution in [2.45, 2.75) is 19.8 Å². The number of halogens is 1. The van der Waals surface area contributed by atoms with Gasteiger partial charge in [-0.25, -0.2) is 0 Å². The molecule has 1 aliphatic carbocycles. The predicted molar refractivity (Wildman–Crippen MR) is 88.7 cm³/mol. The monoisotopic (exact) mass is 295 g/mol. The molecule has 0 radical (unpaired) electrons. The summed E-state index contributed by atoms with van der Waals surface area (Å²) in [4.78, 5) is 2.29. The van der Waals surface area contributed by atoms with E-state index >= 15 is 0 Å². The number of ether oxygens (including phenoxy) is 1. The van der Waals surface area contributed by atoms with E-state index in [-0.39, 0.29) is 12.4 Å². The van der Waals surface area contributed by atoms with E-state index in [9.17, 15) is 0 Å². The maximum Gasteiger partial charge on any atom is 0.119 e. The van der Waals surface area contributed by atoms with Crippen LogP contribution in [0.3, 0.4) is 0 Å². The quantitative estimate of drug-likeness (QED) is 0.829. The van der Waals surface area contributed by atoms with Crippen molar-refractivity contribution in [1.29, 1.82) is 0 Å². The second-order valence-corrected chi connectivity index (χ2v) is 5.87. The highest BCUT2D eigenvalue weighted by Crippen LogP contribution is 2.36. The molecule has 0 spiro atoms. The Morgan fingerprint density at radius 3 is 2.65 bits per heavy atom. The average Bonchev–Trinajstić information content (AvgIpc) is 2.40. The SMILES string of the molecule is COc1cccc(C2=CC(C)CCC2CN(C)C)c1.Cl. The molecule has 0 fully saturated rings. The van der Waals surface area contributed by atoms with Gasteiger partial charge in [0.05, 0.1) is 7.11 Å². The summed E-state index contributed by atoms with van der Waals surface area (Å²) in [5.74, 6) is 2.26. The lowest BCUT2D eigenvalue weighted by Crippen LogP contribution is -2.25. The molecule has 2 atom stereocenters. The smallest absolute Gasteiger partial charge is 0.119 e. The van der Waals surface area contributed by atoms with Gasteiger partial charge in [0.15, 0.2) is 0 Å². The zero-order valence-corrected chi connectivity index (χ0v) is 13.7. The highest BCUT2D eigenvalue weighted by molar-refractivity contribution is 5.85. The van der Waals surface area contributed by atoms with Crippen LogP contribution in [0, 0.1) is 11.8 Å². The van der Waals surface area contributed by atoms with Crippen LogP contribution < -0.4 is 4.74 Å². The number of rotatable bonds is 4. The standard InChI is InChI=1S/C17H25NO.ClH/c1-13-8-9-15(12-18(2)3)17(10-13)14-6-5-7-16(11-14)19-4;/h5-7,10-11,13,15H,8-9,12H2,1-4H3;1H. The minimum absolute atomic E-state index is 0. The molecule has 0 N–H and O–H groups in total. The van der Waals surface area contributed by atoms with Gasteiger partial charge in [0.2, 0.25) is 0 Å². The summed E-state index contributed by atoms with van der Waals surface area (Å²) in [6.45, 7) is 3.43. The van der Waals surface area contributed by atoms with Crippen molar-refractivity contribution in [3.63, 3.8) is 0 Å². The zero-order chi connectivity index (χ0) is 13.8. The van der Waals surface area contributed by atoms with Crippen LogP contribution in [-0.4, -0.2) is 32.6 Å². The fraction of sp³-hybridized carbons (Fsp3) is 0.529. The van der Waals surface area contributed by atoms with Gasteiger partial charge in [0.1, 0.15) is 5.75 Å². The summed E-state index contributed by atoms with van der Waals surface area (Å²) in [6, 6.07) is 8.46. The van der Waals surface area contributed by atoms with Crippen LogP contribution >= 0.6 is 12.4 Å². The fourth-order valence-electron chi connectivity index (χ4n) is 2.91. The first-order valence-electron chi connectivity index (χ1n) is 7.11. The molecule has 1 aromatic carbocycles. The Morgan fingerprint density at radius 2 is 2.00 bits per heavy atom. The van der Waals surface area contributed by atoms with E-state index in [1.54, 1.807) is 7.11 Å². The van der Waals surface area contributed by atoms with Gasteiger partial charge in [-0.3, -0.25) is 0 Å². The number of hydrogen-bond donors (Lipinski definition) is 0. The molecule has 0 amide bonds. The van der Waals surface area contributed by atoms with E-state index in [0.29, 0.717) is 11.8 Å². The molecule has 2 nitrogen and oxygen atoms in total. The molecule has 0 saturated carbocycles. The molecule has 1 aliphatic rings. The maximum atomic E-state index is 5.35. The first kappa shape index (κ1) is 17.1. The van der Waals surface area contributed by atoms with Crippen LogP contribution in [0.4, 0.5) is 0 Å². The van der Waals surface area contributed by atoms with Crippen molar-refractivity contribution in [2.24, 2.45) is 11.8 Å². The van der Waals surface area contributed by atoms with E-state index in [4.69, 9.17) is 4.74 Å². The highest BCUT2D eigenvalue weighted by Gasteiger charge is 2.22. The van der Waals surface area contributed by atoms with Gasteiger partial charge in [0.25, 0.3) is 0 Å². The minimum atomic E-state index is 0. The van der Waals surface area contributed by atoms with Crippen molar-refractivity contribution in [1.82, 2.24) is 4.90 Å². The lowest BCUT2D eigenvalue weighted by atomic mass is 9.79. The number of hydrogen-bond acceptors (Lipinski definition) is 2. The third-order valence-corrected chi connectivity index (χ3v) is 3.86. The Balaban J connectivity index is 0.00000200. The first-order chi connectivity index (χ1) is 9.10. The van der Waals surface area contributed by atoms with Crippen molar-refractivity contribution in [3.05, 3.63) is 35.9 Å². The van der Waals surface area contributed by atoms with Crippen LogP contribution in [0.2, 0.25) is 0 Å². The minimum Gasteiger partial charge on any atom is -0.497 e. The van der Waals surface area contributed by atoms with Gasteiger partial charge in [-0.1, -0.05) is 25.1 Å². The molecule has 3 heteroatoms. The van der Waals surface area contributed by atoms with Gasteiger partial charge in [0, 0.05) is 6.54 Å². The van der Waals surface area contributed by atoms with Gasteiger partial charge < -0.3 is 9.64 Å². The normalized spacial score (nSPS) is 22.1. The topological polar surface area (TPSA) is 12.5 Å². The Bertz CT molecular complexity index is 456. The molecule has 0 bridgehead atoms. The lowest BCUT2D eigenvalue weighted by molar-refractivity contribution is 0.336. The molecular formula is C17H26ClNO. The molecule has 1 aromatic rings. The fourth-order valence-corrected chi connectivity index (χ4v) is 2.91. The van der Waals surface area contributed by atoms with E-state index in [1.807, 2.05) is 6.07 Å². The Hall–Kier alpha value is -0.990. The van der Waals surface area contributed by atoms with Crippen LogP contribution in [0.5, 0.6) is 5.75 Å². The summed E-state index contributed by atoms with van der Waals surface area (Å²) < 4.78 is 5.35. The summed E-state index contributed by atoms with van der Waals surface area (Å²) in [7, 11) is 6.04. The molecule has 112 valence electrons. The molecule has 0 aliphatic heterocycles. The number of benzene rings is 1. The lowest BCUT2D eigenvalue weighted by Gasteiger charge is -2.30. The Morgan fingerprint density at radius 1 is 1.25 bits per heavy atom. The third-order valence-electron chi connectivity index (χ3n) is 3.86. The van der Waals surface area contributed by atoms with Gasteiger partial charge in [-0.2, -0.15) is 0 Å². The van der Waals surface area contributed by atoms with E-state index in [1.165, 1.54) is 24.0 Å². The summed E-state index contributed by atoms with van der Waals surface area (Å²) in [5, 5.41) is 0. The van der Waals surface area contributed by atoms with E-state index in [2.05, 4.69) is 50.2 Å². The van der Waals surface area contributed by atoms with E-state index < -0.39 is 0 Å². The molecule has 20 heavy (non-hydrogen) atoms. The van der Waals surface area contributed by atoms with Crippen molar-refractivity contribution in [3.8, 4) is 5.75 Å². The number of nitrogens with zero attached hydrogens (tertiary/aromatic N) is 1. The van der Waals surface area contributed by atoms with E-state index in [0.717, 1.165) is 12.3 Å². The number of allylic oxidation sites excluding steroid dienone is 1. The van der Waals surface area contributed by atoms with Crippen LogP contribution in [0.1, 0.15) is 25.3 Å². The highest BCUT2D eigenvalue weighted by atomic mass is 35.5. The van der Waals surface area contributed by atoms with Crippen molar-refractivity contribution < 1.29 is 4.74 Å². The first-order valence-corrected chi connectivity index (χ1v) is 7.11. The second-order valence-electron chi connectivity index (χ2n) is 5.87. The number of methoxy groups -OCH3 is 1. The maximum absolute atomic E-state index is 5.35.